The van der Waals surface area contributed by atoms with Crippen molar-refractivity contribution in [2.45, 2.75) is 58.4 Å². The van der Waals surface area contributed by atoms with E-state index in [1.807, 2.05) is 12.3 Å². The summed E-state index contributed by atoms with van der Waals surface area (Å²) in [5.41, 5.74) is 1.20. The molecule has 1 unspecified atom stereocenters. The Morgan fingerprint density at radius 3 is 2.47 bits per heavy atom. The highest BCUT2D eigenvalue weighted by atomic mass is 14.7. The zero-order chi connectivity index (χ0) is 12.3. The second kappa shape index (κ2) is 8.98. The SMILES string of the molecule is CCCCCCCC(C)N=Cc1ccccc1. The summed E-state index contributed by atoms with van der Waals surface area (Å²) in [7, 11) is 0. The first-order valence-electron chi connectivity index (χ1n) is 6.91. The third-order valence-corrected chi connectivity index (χ3v) is 3.00. The van der Waals surface area contributed by atoms with E-state index in [9.17, 15) is 0 Å². The summed E-state index contributed by atoms with van der Waals surface area (Å²) in [6.07, 6.45) is 9.96. The summed E-state index contributed by atoms with van der Waals surface area (Å²) in [6, 6.07) is 10.8. The smallest absolute Gasteiger partial charge is 0.0471 e. The Hall–Kier alpha value is -1.11. The van der Waals surface area contributed by atoms with E-state index in [-0.39, 0.29) is 0 Å². The van der Waals surface area contributed by atoms with Gasteiger partial charge in [-0.25, -0.2) is 0 Å². The van der Waals surface area contributed by atoms with Gasteiger partial charge in [-0.3, -0.25) is 4.99 Å². The van der Waals surface area contributed by atoms with Crippen LogP contribution in [0.5, 0.6) is 0 Å². The van der Waals surface area contributed by atoms with Crippen LogP contribution in [0.15, 0.2) is 35.3 Å². The quantitative estimate of drug-likeness (QED) is 0.448. The monoisotopic (exact) mass is 231 g/mol. The van der Waals surface area contributed by atoms with Crippen molar-refractivity contribution < 1.29 is 0 Å². The molecule has 0 amide bonds. The van der Waals surface area contributed by atoms with Crippen LogP contribution in [0.4, 0.5) is 0 Å². The highest BCUT2D eigenvalue weighted by Crippen LogP contribution is 2.09. The first-order chi connectivity index (χ1) is 8.33. The number of rotatable bonds is 8. The van der Waals surface area contributed by atoms with E-state index < -0.39 is 0 Å². The van der Waals surface area contributed by atoms with Crippen molar-refractivity contribution in [3.63, 3.8) is 0 Å². The summed E-state index contributed by atoms with van der Waals surface area (Å²) >= 11 is 0. The van der Waals surface area contributed by atoms with Crippen molar-refractivity contribution in [2.24, 2.45) is 4.99 Å². The van der Waals surface area contributed by atoms with E-state index >= 15 is 0 Å². The van der Waals surface area contributed by atoms with Crippen molar-refractivity contribution in [1.29, 1.82) is 0 Å². The molecule has 0 radical (unpaired) electrons. The van der Waals surface area contributed by atoms with Crippen molar-refractivity contribution in [2.75, 3.05) is 0 Å². The zero-order valence-electron chi connectivity index (χ0n) is 11.2. The first-order valence-corrected chi connectivity index (χ1v) is 6.91. The normalized spacial score (nSPS) is 13.1. The average Bonchev–Trinajstić information content (AvgIpc) is 2.37. The molecule has 0 N–H and O–H groups in total. The molecule has 0 aromatic heterocycles. The van der Waals surface area contributed by atoms with Crippen LogP contribution >= 0.6 is 0 Å². The predicted octanol–water partition coefficient (Wildman–Crippen LogP) is 4.85. The molecule has 0 saturated carbocycles. The maximum Gasteiger partial charge on any atom is 0.0471 e. The Bertz CT molecular complexity index is 303. The lowest BCUT2D eigenvalue weighted by Crippen LogP contribution is -1.98. The maximum atomic E-state index is 4.59. The second-order valence-corrected chi connectivity index (χ2v) is 4.74. The third-order valence-electron chi connectivity index (χ3n) is 3.00. The van der Waals surface area contributed by atoms with Crippen LogP contribution in [0.1, 0.15) is 57.9 Å². The molecule has 0 aliphatic rings. The molecular formula is C16H25N. The molecule has 0 aliphatic carbocycles. The largest absolute Gasteiger partial charge is 0.290 e. The Kier molecular flexibility index (Phi) is 7.37. The molecule has 1 nitrogen and oxygen atoms in total. The third kappa shape index (κ3) is 6.93. The fourth-order valence-corrected chi connectivity index (χ4v) is 1.87. The van der Waals surface area contributed by atoms with Crippen molar-refractivity contribution >= 4 is 6.21 Å². The lowest BCUT2D eigenvalue weighted by atomic mass is 10.1. The van der Waals surface area contributed by atoms with Gasteiger partial charge in [-0.2, -0.15) is 0 Å². The van der Waals surface area contributed by atoms with E-state index in [4.69, 9.17) is 0 Å². The minimum Gasteiger partial charge on any atom is -0.290 e. The standard InChI is InChI=1S/C16H25N/c1-3-4-5-6-8-11-15(2)17-14-16-12-9-7-10-13-16/h7,9-10,12-15H,3-6,8,11H2,1-2H3. The van der Waals surface area contributed by atoms with Gasteiger partial charge in [-0.15, -0.1) is 0 Å². The van der Waals surface area contributed by atoms with Crippen LogP contribution in [-0.2, 0) is 0 Å². The first kappa shape index (κ1) is 14.0. The molecule has 1 aromatic rings. The minimum atomic E-state index is 0.455. The molecule has 0 bridgehead atoms. The van der Waals surface area contributed by atoms with Gasteiger partial charge in [0.25, 0.3) is 0 Å². The predicted molar refractivity (Wildman–Crippen MR) is 76.9 cm³/mol. The Morgan fingerprint density at radius 1 is 1.06 bits per heavy atom. The summed E-state index contributed by atoms with van der Waals surface area (Å²) in [6.45, 7) is 4.46. The van der Waals surface area contributed by atoms with E-state index in [1.165, 1.54) is 44.1 Å². The Balaban J connectivity index is 2.16. The highest BCUT2D eigenvalue weighted by molar-refractivity contribution is 5.79. The van der Waals surface area contributed by atoms with Gasteiger partial charge >= 0.3 is 0 Å². The van der Waals surface area contributed by atoms with E-state index in [0.717, 1.165) is 0 Å². The summed E-state index contributed by atoms with van der Waals surface area (Å²) < 4.78 is 0. The molecule has 1 heteroatoms. The van der Waals surface area contributed by atoms with Gasteiger partial charge in [-0.1, -0.05) is 69.4 Å². The molecule has 94 valence electrons. The molecule has 17 heavy (non-hydrogen) atoms. The van der Waals surface area contributed by atoms with Gasteiger partial charge in [0, 0.05) is 12.3 Å². The number of benzene rings is 1. The topological polar surface area (TPSA) is 12.4 Å². The van der Waals surface area contributed by atoms with Gasteiger partial charge in [0.15, 0.2) is 0 Å². The summed E-state index contributed by atoms with van der Waals surface area (Å²) in [5, 5.41) is 0. The zero-order valence-corrected chi connectivity index (χ0v) is 11.2. The molecule has 1 atom stereocenters. The van der Waals surface area contributed by atoms with E-state index in [2.05, 4.69) is 43.1 Å². The number of hydrogen-bond donors (Lipinski definition) is 0. The van der Waals surface area contributed by atoms with Gasteiger partial charge in [0.05, 0.1) is 0 Å². The molecule has 1 aromatic carbocycles. The molecule has 0 aliphatic heterocycles. The van der Waals surface area contributed by atoms with Crippen LogP contribution < -0.4 is 0 Å². The van der Waals surface area contributed by atoms with Crippen LogP contribution in [-0.4, -0.2) is 12.3 Å². The number of hydrogen-bond acceptors (Lipinski definition) is 1. The van der Waals surface area contributed by atoms with Crippen molar-refractivity contribution in [1.82, 2.24) is 0 Å². The van der Waals surface area contributed by atoms with Gasteiger partial charge in [-0.05, 0) is 18.9 Å². The summed E-state index contributed by atoms with van der Waals surface area (Å²) in [5.74, 6) is 0. The van der Waals surface area contributed by atoms with E-state index in [1.54, 1.807) is 0 Å². The van der Waals surface area contributed by atoms with Crippen molar-refractivity contribution in [3.8, 4) is 0 Å². The molecular weight excluding hydrogens is 206 g/mol. The van der Waals surface area contributed by atoms with Crippen LogP contribution in [0, 0.1) is 0 Å². The average molecular weight is 231 g/mol. The minimum absolute atomic E-state index is 0.455. The molecule has 0 heterocycles. The van der Waals surface area contributed by atoms with Crippen LogP contribution in [0.25, 0.3) is 0 Å². The number of nitrogens with zero attached hydrogens (tertiary/aromatic N) is 1. The fourth-order valence-electron chi connectivity index (χ4n) is 1.87. The summed E-state index contributed by atoms with van der Waals surface area (Å²) in [4.78, 5) is 4.59. The van der Waals surface area contributed by atoms with E-state index in [0.29, 0.717) is 6.04 Å². The molecule has 1 rings (SSSR count). The Morgan fingerprint density at radius 2 is 1.76 bits per heavy atom. The molecule has 0 fully saturated rings. The lowest BCUT2D eigenvalue weighted by Gasteiger charge is -2.05. The molecule has 0 saturated heterocycles. The van der Waals surface area contributed by atoms with Crippen LogP contribution in [0.3, 0.4) is 0 Å². The van der Waals surface area contributed by atoms with Gasteiger partial charge in [0.2, 0.25) is 0 Å². The van der Waals surface area contributed by atoms with Gasteiger partial charge in [0.1, 0.15) is 0 Å². The second-order valence-electron chi connectivity index (χ2n) is 4.74. The Labute approximate surface area is 106 Å². The van der Waals surface area contributed by atoms with Crippen molar-refractivity contribution in [3.05, 3.63) is 35.9 Å². The number of unbranched alkanes of at least 4 members (excludes halogenated alkanes) is 4. The highest BCUT2D eigenvalue weighted by Gasteiger charge is 1.97. The lowest BCUT2D eigenvalue weighted by molar-refractivity contribution is 0.565. The molecule has 0 spiro atoms. The number of aliphatic imine (C=N–C) groups is 1. The van der Waals surface area contributed by atoms with Crippen LogP contribution in [0.2, 0.25) is 0 Å². The maximum absolute atomic E-state index is 4.59. The van der Waals surface area contributed by atoms with Gasteiger partial charge < -0.3 is 0 Å². The fraction of sp³-hybridized carbons (Fsp3) is 0.562.